The maximum Gasteiger partial charge on any atom is 0.163 e. The van der Waals surface area contributed by atoms with Crippen LogP contribution in [-0.2, 0) is 6.67 Å². The Bertz CT molecular complexity index is 773. The second-order valence-electron chi connectivity index (χ2n) is 8.37. The number of rotatable bonds is 2. The zero-order chi connectivity index (χ0) is 15.5. The zero-order valence-electron chi connectivity index (χ0n) is 13.6. The Morgan fingerprint density at radius 1 is 1.23 bits per heavy atom. The van der Waals surface area contributed by atoms with E-state index >= 15 is 0 Å². The van der Waals surface area contributed by atoms with Gasteiger partial charge in [-0.25, -0.2) is 0 Å². The molecular weight excluding hydrogens is 308 g/mol. The van der Waals surface area contributed by atoms with E-state index in [-0.39, 0.29) is 0 Å². The van der Waals surface area contributed by atoms with Gasteiger partial charge in [0, 0.05) is 12.6 Å². The Hall–Kier alpha value is -0.710. The smallest absolute Gasteiger partial charge is 0.163 e. The lowest BCUT2D eigenvalue weighted by Gasteiger charge is -2.39. The summed E-state index contributed by atoms with van der Waals surface area (Å²) in [5.74, 6) is 0. The number of hydrogen-bond donors (Lipinski definition) is 0. The van der Waals surface area contributed by atoms with Crippen molar-refractivity contribution in [3.63, 3.8) is 0 Å². The topological polar surface area (TPSA) is 8.17 Å². The number of likely N-dealkylation sites (tertiary alicyclic amines) is 1. The van der Waals surface area contributed by atoms with E-state index in [0.717, 1.165) is 10.6 Å². The second-order valence-corrected chi connectivity index (χ2v) is 10.0. The van der Waals surface area contributed by atoms with Crippen LogP contribution in [0.3, 0.4) is 0 Å². The van der Waals surface area contributed by atoms with E-state index in [0.29, 0.717) is 16.9 Å². The fourth-order valence-electron chi connectivity index (χ4n) is 5.07. The molecule has 1 aromatic heterocycles. The molecule has 2 nitrogen and oxygen atoms in total. The van der Waals surface area contributed by atoms with Crippen LogP contribution >= 0.6 is 23.6 Å². The molecule has 2 bridgehead atoms. The number of benzene rings is 1. The lowest BCUT2D eigenvalue weighted by molar-refractivity contribution is 0.122. The fraction of sp³-hybridized carbons (Fsp3) is 0.611. The summed E-state index contributed by atoms with van der Waals surface area (Å²) in [5, 5.41) is 0. The van der Waals surface area contributed by atoms with E-state index in [9.17, 15) is 0 Å². The minimum absolute atomic E-state index is 0.477. The van der Waals surface area contributed by atoms with Crippen LogP contribution in [0.15, 0.2) is 24.3 Å². The quantitative estimate of drug-likeness (QED) is 0.690. The van der Waals surface area contributed by atoms with Gasteiger partial charge >= 0.3 is 0 Å². The molecule has 2 aromatic rings. The maximum atomic E-state index is 5.64. The normalized spacial score (nSPS) is 31.0. The second kappa shape index (κ2) is 4.89. The van der Waals surface area contributed by atoms with Gasteiger partial charge in [-0.05, 0) is 54.4 Å². The van der Waals surface area contributed by atoms with Crippen molar-refractivity contribution in [2.24, 2.45) is 10.8 Å². The lowest BCUT2D eigenvalue weighted by atomic mass is 9.65. The summed E-state index contributed by atoms with van der Waals surface area (Å²) in [4.78, 5) is 2.68. The molecule has 4 rings (SSSR count). The van der Waals surface area contributed by atoms with Crippen LogP contribution in [0.5, 0.6) is 0 Å². The predicted molar refractivity (Wildman–Crippen MR) is 96.9 cm³/mol. The van der Waals surface area contributed by atoms with Gasteiger partial charge < -0.3 is 4.57 Å². The van der Waals surface area contributed by atoms with E-state index < -0.39 is 0 Å². The van der Waals surface area contributed by atoms with Crippen molar-refractivity contribution in [2.45, 2.75) is 52.7 Å². The van der Waals surface area contributed by atoms with Crippen LogP contribution in [0.1, 0.15) is 40.0 Å². The van der Waals surface area contributed by atoms with Crippen molar-refractivity contribution in [3.05, 3.63) is 28.2 Å². The van der Waals surface area contributed by atoms with Crippen molar-refractivity contribution < 1.29 is 0 Å². The van der Waals surface area contributed by atoms with Crippen LogP contribution in [0.2, 0.25) is 0 Å². The van der Waals surface area contributed by atoms with Crippen LogP contribution in [-0.4, -0.2) is 22.1 Å². The maximum absolute atomic E-state index is 5.64. The molecule has 0 radical (unpaired) electrons. The predicted octanol–water partition coefficient (Wildman–Crippen LogP) is 5.29. The van der Waals surface area contributed by atoms with Crippen molar-refractivity contribution >= 4 is 33.8 Å². The monoisotopic (exact) mass is 332 g/mol. The van der Waals surface area contributed by atoms with Gasteiger partial charge in [0.1, 0.15) is 0 Å². The van der Waals surface area contributed by atoms with Gasteiger partial charge in [-0.2, -0.15) is 0 Å². The third-order valence-electron chi connectivity index (χ3n) is 5.42. The molecule has 22 heavy (non-hydrogen) atoms. The molecule has 118 valence electrons. The summed E-state index contributed by atoms with van der Waals surface area (Å²) in [6.45, 7) is 9.53. The highest BCUT2D eigenvalue weighted by Gasteiger charge is 2.49. The summed E-state index contributed by atoms with van der Waals surface area (Å²) < 4.78 is 4.65. The van der Waals surface area contributed by atoms with Gasteiger partial charge in [0.25, 0.3) is 0 Å². The average molecular weight is 333 g/mol. The Morgan fingerprint density at radius 2 is 2.00 bits per heavy atom. The van der Waals surface area contributed by atoms with Crippen LogP contribution in [0.25, 0.3) is 10.2 Å². The summed E-state index contributed by atoms with van der Waals surface area (Å²) >= 11 is 7.37. The molecule has 4 heteroatoms. The number of para-hydroxylation sites is 1. The Kier molecular flexibility index (Phi) is 3.30. The van der Waals surface area contributed by atoms with Gasteiger partial charge in [-0.15, -0.1) is 11.3 Å². The molecule has 1 aromatic carbocycles. The number of fused-ring (bicyclic) bond motifs is 3. The summed E-state index contributed by atoms with van der Waals surface area (Å²) in [5.41, 5.74) is 2.26. The molecule has 1 aliphatic heterocycles. The van der Waals surface area contributed by atoms with Gasteiger partial charge in [-0.3, -0.25) is 4.90 Å². The molecule has 2 heterocycles. The van der Waals surface area contributed by atoms with Crippen LogP contribution < -0.4 is 0 Å². The van der Waals surface area contributed by atoms with Crippen molar-refractivity contribution in [2.75, 3.05) is 6.54 Å². The van der Waals surface area contributed by atoms with E-state index in [1.165, 1.54) is 36.0 Å². The first kappa shape index (κ1) is 14.9. The number of aromatic nitrogens is 1. The summed E-state index contributed by atoms with van der Waals surface area (Å²) in [6, 6.07) is 9.32. The van der Waals surface area contributed by atoms with Crippen LogP contribution in [0, 0.1) is 14.8 Å². The molecule has 1 saturated heterocycles. The van der Waals surface area contributed by atoms with Crippen molar-refractivity contribution in [3.8, 4) is 0 Å². The highest BCUT2D eigenvalue weighted by molar-refractivity contribution is 7.73. The van der Waals surface area contributed by atoms with Gasteiger partial charge in [0.05, 0.1) is 16.9 Å². The minimum Gasteiger partial charge on any atom is -0.309 e. The Morgan fingerprint density at radius 3 is 2.82 bits per heavy atom. The average Bonchev–Trinajstić information content (AvgIpc) is 2.84. The number of nitrogens with zero attached hydrogens (tertiary/aromatic N) is 2. The molecule has 2 fully saturated rings. The highest BCUT2D eigenvalue weighted by Crippen LogP contribution is 2.52. The SMILES string of the molecule is CC1(C)CC2CC(C)(CN2Cn2c(=S)sc3ccccc32)C1. The molecule has 2 unspecified atom stereocenters. The molecule has 2 aliphatic rings. The first-order valence-corrected chi connectivity index (χ1v) is 9.40. The van der Waals surface area contributed by atoms with Crippen molar-refractivity contribution in [1.82, 2.24) is 9.47 Å². The van der Waals surface area contributed by atoms with E-state index in [1.54, 1.807) is 11.3 Å². The third-order valence-corrected chi connectivity index (χ3v) is 6.85. The van der Waals surface area contributed by atoms with E-state index in [4.69, 9.17) is 12.2 Å². The number of hydrogen-bond acceptors (Lipinski definition) is 3. The van der Waals surface area contributed by atoms with E-state index in [1.807, 2.05) is 0 Å². The Balaban J connectivity index is 1.67. The number of thiazole rings is 1. The lowest BCUT2D eigenvalue weighted by Crippen LogP contribution is -2.35. The van der Waals surface area contributed by atoms with Gasteiger partial charge in [0.15, 0.2) is 3.95 Å². The zero-order valence-corrected chi connectivity index (χ0v) is 15.3. The Labute approximate surface area is 141 Å². The fourth-order valence-corrected chi connectivity index (χ4v) is 6.38. The van der Waals surface area contributed by atoms with Gasteiger partial charge in [-0.1, -0.05) is 32.9 Å². The van der Waals surface area contributed by atoms with Crippen LogP contribution in [0.4, 0.5) is 0 Å². The minimum atomic E-state index is 0.477. The first-order chi connectivity index (χ1) is 10.4. The van der Waals surface area contributed by atoms with E-state index in [2.05, 4.69) is 54.5 Å². The van der Waals surface area contributed by atoms with Gasteiger partial charge in [0.2, 0.25) is 0 Å². The molecular formula is C18H24N2S2. The largest absolute Gasteiger partial charge is 0.309 e. The third kappa shape index (κ3) is 2.45. The summed E-state index contributed by atoms with van der Waals surface area (Å²) in [6.07, 6.45) is 4.02. The van der Waals surface area contributed by atoms with Crippen molar-refractivity contribution in [1.29, 1.82) is 0 Å². The standard InChI is InChI=1S/C18H24N2S2/c1-17(2)8-13-9-18(3,10-17)11-19(13)12-20-14-6-4-5-7-15(14)22-16(20)21/h4-7,13H,8-12H2,1-3H3. The highest BCUT2D eigenvalue weighted by atomic mass is 32.1. The molecule has 0 amide bonds. The molecule has 2 atom stereocenters. The first-order valence-electron chi connectivity index (χ1n) is 8.18. The molecule has 0 spiro atoms. The molecule has 1 saturated carbocycles. The summed E-state index contributed by atoms with van der Waals surface area (Å²) in [7, 11) is 0. The molecule has 0 N–H and O–H groups in total. The molecule has 1 aliphatic carbocycles.